The number of halogens is 1. The maximum Gasteiger partial charge on any atom is 0.318 e. The second-order valence-electron chi connectivity index (χ2n) is 5.99. The van der Waals surface area contributed by atoms with Gasteiger partial charge >= 0.3 is 6.03 Å². The number of fused-ring (bicyclic) bond motifs is 1. The summed E-state index contributed by atoms with van der Waals surface area (Å²) in [6.45, 7) is 2.61. The molecule has 2 heterocycles. The molecule has 7 heteroatoms. The Morgan fingerprint density at radius 2 is 1.91 bits per heavy atom. The topological polar surface area (TPSA) is 78.7 Å². The molecular weight excluding hydrogens is 316 g/mol. The van der Waals surface area contributed by atoms with E-state index in [0.717, 1.165) is 12.8 Å². The summed E-state index contributed by atoms with van der Waals surface area (Å²) < 4.78 is 0. The number of nitrogens with zero attached hydrogens (tertiary/aromatic N) is 2. The van der Waals surface area contributed by atoms with Crippen LogP contribution in [0.5, 0.6) is 0 Å². The minimum Gasteiger partial charge on any atom is -0.340 e. The van der Waals surface area contributed by atoms with E-state index in [4.69, 9.17) is 5.73 Å². The highest BCUT2D eigenvalue weighted by atomic mass is 35.5. The van der Waals surface area contributed by atoms with Gasteiger partial charge in [0.25, 0.3) is 0 Å². The van der Waals surface area contributed by atoms with Crippen molar-refractivity contribution >= 4 is 24.3 Å². The first-order chi connectivity index (χ1) is 10.6. The molecule has 3 N–H and O–H groups in total. The monoisotopic (exact) mass is 338 g/mol. The summed E-state index contributed by atoms with van der Waals surface area (Å²) in [4.78, 5) is 27.7. The predicted octanol–water partition coefficient (Wildman–Crippen LogP) is 0.736. The van der Waals surface area contributed by atoms with Crippen molar-refractivity contribution in [3.05, 3.63) is 35.4 Å². The smallest absolute Gasteiger partial charge is 0.318 e. The highest BCUT2D eigenvalue weighted by Gasteiger charge is 2.25. The molecule has 23 heavy (non-hydrogen) atoms. The Labute approximate surface area is 142 Å². The molecule has 1 aromatic carbocycles. The van der Waals surface area contributed by atoms with Gasteiger partial charge in [0.05, 0.1) is 6.54 Å². The van der Waals surface area contributed by atoms with Crippen molar-refractivity contribution in [2.75, 3.05) is 26.2 Å². The fourth-order valence-corrected chi connectivity index (χ4v) is 3.06. The third kappa shape index (κ3) is 4.14. The molecule has 6 nitrogen and oxygen atoms in total. The van der Waals surface area contributed by atoms with Gasteiger partial charge in [-0.1, -0.05) is 24.3 Å². The van der Waals surface area contributed by atoms with Crippen molar-refractivity contribution in [1.82, 2.24) is 15.1 Å². The number of rotatable bonds is 2. The largest absolute Gasteiger partial charge is 0.340 e. The van der Waals surface area contributed by atoms with Crippen molar-refractivity contribution in [1.29, 1.82) is 0 Å². The van der Waals surface area contributed by atoms with Crippen LogP contribution in [0.15, 0.2) is 24.3 Å². The second-order valence-corrected chi connectivity index (χ2v) is 5.99. The summed E-state index contributed by atoms with van der Waals surface area (Å²) in [6.07, 6.45) is 1.70. The van der Waals surface area contributed by atoms with E-state index < -0.39 is 0 Å². The van der Waals surface area contributed by atoms with Crippen LogP contribution in [0.25, 0.3) is 0 Å². The third-order valence-corrected chi connectivity index (χ3v) is 4.39. The van der Waals surface area contributed by atoms with Gasteiger partial charge < -0.3 is 20.9 Å². The average molecular weight is 339 g/mol. The van der Waals surface area contributed by atoms with Gasteiger partial charge in [0.1, 0.15) is 0 Å². The van der Waals surface area contributed by atoms with Gasteiger partial charge in [-0.25, -0.2) is 4.79 Å². The standard InChI is InChI=1S/C16H22N4O2.ClH/c17-14-6-8-19(11-14)15(21)9-18-16(22)20-7-5-12-3-1-2-4-13(12)10-20;/h1-4,14H,5-11,17H2,(H,18,22);1H/t14-;/m1./s1. The quantitative estimate of drug-likeness (QED) is 0.834. The zero-order valence-corrected chi connectivity index (χ0v) is 13.8. The number of urea groups is 1. The van der Waals surface area contributed by atoms with E-state index in [1.807, 2.05) is 18.2 Å². The molecule has 0 aromatic heterocycles. The Balaban J connectivity index is 0.00000192. The van der Waals surface area contributed by atoms with Crippen LogP contribution in [0.1, 0.15) is 17.5 Å². The SMILES string of the molecule is Cl.N[C@@H]1CCN(C(=O)CNC(=O)N2CCc3ccccc3C2)C1. The molecular formula is C16H23ClN4O2. The molecule has 3 amide bonds. The molecule has 2 aliphatic rings. The van der Waals surface area contributed by atoms with Crippen LogP contribution in [0.2, 0.25) is 0 Å². The minimum atomic E-state index is -0.175. The molecule has 3 rings (SSSR count). The van der Waals surface area contributed by atoms with E-state index in [0.29, 0.717) is 26.2 Å². The lowest BCUT2D eigenvalue weighted by Gasteiger charge is -2.29. The second kappa shape index (κ2) is 7.66. The summed E-state index contributed by atoms with van der Waals surface area (Å²) in [5.41, 5.74) is 8.27. The molecule has 0 saturated carbocycles. The Morgan fingerprint density at radius 3 is 2.61 bits per heavy atom. The normalized spacial score (nSPS) is 19.8. The van der Waals surface area contributed by atoms with E-state index in [1.54, 1.807) is 9.80 Å². The summed E-state index contributed by atoms with van der Waals surface area (Å²) in [6, 6.07) is 8.05. The highest BCUT2D eigenvalue weighted by Crippen LogP contribution is 2.18. The minimum absolute atomic E-state index is 0. The van der Waals surface area contributed by atoms with Crippen molar-refractivity contribution in [2.45, 2.75) is 25.4 Å². The van der Waals surface area contributed by atoms with Crippen LogP contribution in [0, 0.1) is 0 Å². The van der Waals surface area contributed by atoms with Gasteiger partial charge in [-0.2, -0.15) is 0 Å². The first-order valence-electron chi connectivity index (χ1n) is 7.76. The average Bonchev–Trinajstić information content (AvgIpc) is 2.98. The number of carbonyl (C=O) groups excluding carboxylic acids is 2. The molecule has 2 aliphatic heterocycles. The molecule has 0 bridgehead atoms. The van der Waals surface area contributed by atoms with Gasteiger partial charge in [0, 0.05) is 32.2 Å². The van der Waals surface area contributed by atoms with E-state index in [1.165, 1.54) is 11.1 Å². The maximum atomic E-state index is 12.2. The molecule has 1 fully saturated rings. The molecule has 0 spiro atoms. The molecule has 1 saturated heterocycles. The number of carbonyl (C=O) groups is 2. The number of nitrogens with two attached hydrogens (primary N) is 1. The van der Waals surface area contributed by atoms with E-state index >= 15 is 0 Å². The molecule has 0 radical (unpaired) electrons. The maximum absolute atomic E-state index is 12.2. The number of benzene rings is 1. The summed E-state index contributed by atoms with van der Waals surface area (Å²) >= 11 is 0. The Morgan fingerprint density at radius 1 is 1.17 bits per heavy atom. The molecule has 1 atom stereocenters. The Bertz CT molecular complexity index is 581. The number of hydrogen-bond donors (Lipinski definition) is 2. The van der Waals surface area contributed by atoms with Gasteiger partial charge in [0.15, 0.2) is 0 Å². The molecule has 0 unspecified atom stereocenters. The van der Waals surface area contributed by atoms with E-state index in [-0.39, 0.29) is 36.9 Å². The lowest BCUT2D eigenvalue weighted by atomic mass is 10.0. The highest BCUT2D eigenvalue weighted by molar-refractivity contribution is 5.85. The fourth-order valence-electron chi connectivity index (χ4n) is 3.06. The van der Waals surface area contributed by atoms with Gasteiger partial charge in [-0.15, -0.1) is 12.4 Å². The van der Waals surface area contributed by atoms with Crippen LogP contribution in [-0.2, 0) is 17.8 Å². The van der Waals surface area contributed by atoms with Crippen LogP contribution in [-0.4, -0.2) is 54.0 Å². The fraction of sp³-hybridized carbons (Fsp3) is 0.500. The van der Waals surface area contributed by atoms with E-state index in [9.17, 15) is 9.59 Å². The van der Waals surface area contributed by atoms with Crippen molar-refractivity contribution < 1.29 is 9.59 Å². The number of hydrogen-bond acceptors (Lipinski definition) is 3. The third-order valence-electron chi connectivity index (χ3n) is 4.39. The number of nitrogens with one attached hydrogen (secondary N) is 1. The molecule has 0 aliphatic carbocycles. The van der Waals surface area contributed by atoms with Crippen LogP contribution in [0.3, 0.4) is 0 Å². The van der Waals surface area contributed by atoms with Crippen LogP contribution in [0.4, 0.5) is 4.79 Å². The van der Waals surface area contributed by atoms with Crippen LogP contribution >= 0.6 is 12.4 Å². The van der Waals surface area contributed by atoms with E-state index in [2.05, 4.69) is 11.4 Å². The molecule has 126 valence electrons. The first kappa shape index (κ1) is 17.6. The number of amides is 3. The van der Waals surface area contributed by atoms with Crippen molar-refractivity contribution in [2.24, 2.45) is 5.73 Å². The number of likely N-dealkylation sites (tertiary alicyclic amines) is 1. The molecule has 1 aromatic rings. The van der Waals surface area contributed by atoms with Crippen LogP contribution < -0.4 is 11.1 Å². The lowest BCUT2D eigenvalue weighted by Crippen LogP contribution is -2.46. The van der Waals surface area contributed by atoms with Gasteiger partial charge in [-0.3, -0.25) is 4.79 Å². The summed E-state index contributed by atoms with van der Waals surface area (Å²) in [5.74, 6) is -0.0568. The zero-order valence-electron chi connectivity index (χ0n) is 13.0. The Hall–Kier alpha value is -1.79. The van der Waals surface area contributed by atoms with Crippen molar-refractivity contribution in [3.63, 3.8) is 0 Å². The predicted molar refractivity (Wildman–Crippen MR) is 90.4 cm³/mol. The Kier molecular flexibility index (Phi) is 5.85. The van der Waals surface area contributed by atoms with Gasteiger partial charge in [0.2, 0.25) is 5.91 Å². The zero-order chi connectivity index (χ0) is 15.5. The van der Waals surface area contributed by atoms with Crippen molar-refractivity contribution in [3.8, 4) is 0 Å². The lowest BCUT2D eigenvalue weighted by molar-refractivity contribution is -0.129. The summed E-state index contributed by atoms with van der Waals surface area (Å²) in [7, 11) is 0. The van der Waals surface area contributed by atoms with Gasteiger partial charge in [-0.05, 0) is 24.0 Å². The first-order valence-corrected chi connectivity index (χ1v) is 7.76. The summed E-state index contributed by atoms with van der Waals surface area (Å²) in [5, 5.41) is 2.73.